The predicted molar refractivity (Wildman–Crippen MR) is 131 cm³/mol. The molecule has 0 atom stereocenters. The summed E-state index contributed by atoms with van der Waals surface area (Å²) in [6.45, 7) is 1.76. The molecule has 32 heavy (non-hydrogen) atoms. The molecule has 2 N–H and O–H groups in total. The fourth-order valence-corrected chi connectivity index (χ4v) is 4.04. The fraction of sp³-hybridized carbons (Fsp3) is 0.364. The molecule has 0 aliphatic carbocycles. The van der Waals surface area contributed by atoms with Crippen LogP contribution >= 0.6 is 23.7 Å². The van der Waals surface area contributed by atoms with Crippen LogP contribution in [0.3, 0.4) is 0 Å². The highest BCUT2D eigenvalue weighted by atomic mass is 32.2. The highest BCUT2D eigenvalue weighted by Gasteiger charge is 2.14. The molecule has 3 rings (SSSR count). The fourth-order valence-electron chi connectivity index (χ4n) is 2.95. The topological polar surface area (TPSA) is 86.8 Å². The van der Waals surface area contributed by atoms with Gasteiger partial charge in [-0.3, -0.25) is 4.72 Å². The van der Waals surface area contributed by atoms with Crippen LogP contribution in [-0.2, 0) is 9.47 Å². The largest absolute Gasteiger partial charge is 0.487 e. The number of hydrogen-bond acceptors (Lipinski definition) is 10. The van der Waals surface area contributed by atoms with Crippen LogP contribution in [0, 0.1) is 0 Å². The lowest BCUT2D eigenvalue weighted by molar-refractivity contribution is 0.132. The third kappa shape index (κ3) is 6.39. The van der Waals surface area contributed by atoms with Crippen LogP contribution in [0.1, 0.15) is 0 Å². The van der Waals surface area contributed by atoms with Crippen LogP contribution in [0.25, 0.3) is 10.9 Å². The van der Waals surface area contributed by atoms with Gasteiger partial charge in [0.2, 0.25) is 0 Å². The standard InChI is InChI=1S/C22H28N4O4S2/c1-23-32-15-5-6-21(31-4)18(11-15)26-22-16-12-19(29-9-7-27-2)20(30-10-8-28-3)13-17(16)24-14-25-22/h5-6,11-14,23H,7-10H2,1-4H3,(H,24,25,26). The van der Waals surface area contributed by atoms with E-state index >= 15 is 0 Å². The summed E-state index contributed by atoms with van der Waals surface area (Å²) in [5.41, 5.74) is 1.72. The van der Waals surface area contributed by atoms with Crippen LogP contribution in [0.4, 0.5) is 11.5 Å². The zero-order valence-corrected chi connectivity index (χ0v) is 20.3. The first-order valence-electron chi connectivity index (χ1n) is 10.0. The molecule has 172 valence electrons. The van der Waals surface area contributed by atoms with Gasteiger partial charge in [-0.05, 0) is 49.5 Å². The number of ether oxygens (including phenoxy) is 4. The Kier molecular flexibility index (Phi) is 9.69. The summed E-state index contributed by atoms with van der Waals surface area (Å²) >= 11 is 3.23. The molecule has 10 heteroatoms. The Labute approximate surface area is 196 Å². The Morgan fingerprint density at radius 2 is 1.62 bits per heavy atom. The zero-order valence-electron chi connectivity index (χ0n) is 18.6. The SMILES string of the molecule is CNSc1ccc(SC)c(Nc2ncnc3cc(OCCOC)c(OCCOC)cc23)c1. The maximum atomic E-state index is 5.93. The molecule has 0 aliphatic heterocycles. The monoisotopic (exact) mass is 476 g/mol. The minimum atomic E-state index is 0.402. The first-order chi connectivity index (χ1) is 15.7. The van der Waals surface area contributed by atoms with E-state index in [0.29, 0.717) is 43.7 Å². The molecule has 3 aromatic rings. The second kappa shape index (κ2) is 12.7. The van der Waals surface area contributed by atoms with E-state index in [1.54, 1.807) is 44.3 Å². The number of thioether (sulfide) groups is 1. The van der Waals surface area contributed by atoms with Crippen molar-refractivity contribution in [3.8, 4) is 11.5 Å². The lowest BCUT2D eigenvalue weighted by Crippen LogP contribution is -2.09. The van der Waals surface area contributed by atoms with Crippen molar-refractivity contribution in [1.82, 2.24) is 14.7 Å². The smallest absolute Gasteiger partial charge is 0.163 e. The van der Waals surface area contributed by atoms with E-state index in [9.17, 15) is 0 Å². The van der Waals surface area contributed by atoms with Gasteiger partial charge < -0.3 is 24.3 Å². The number of hydrogen-bond donors (Lipinski definition) is 2. The van der Waals surface area contributed by atoms with Crippen molar-refractivity contribution in [2.24, 2.45) is 0 Å². The van der Waals surface area contributed by atoms with Crippen LogP contribution in [0.5, 0.6) is 11.5 Å². The summed E-state index contributed by atoms with van der Waals surface area (Å²) in [6.07, 6.45) is 3.59. The van der Waals surface area contributed by atoms with Gasteiger partial charge in [-0.25, -0.2) is 9.97 Å². The van der Waals surface area contributed by atoms with Gasteiger partial charge >= 0.3 is 0 Å². The van der Waals surface area contributed by atoms with E-state index in [1.165, 1.54) is 0 Å². The summed E-state index contributed by atoms with van der Waals surface area (Å²) in [4.78, 5) is 11.2. The van der Waals surface area contributed by atoms with E-state index in [2.05, 4.69) is 44.5 Å². The van der Waals surface area contributed by atoms with Crippen LogP contribution in [0.2, 0.25) is 0 Å². The molecule has 1 heterocycles. The normalized spacial score (nSPS) is 11.0. The molecular weight excluding hydrogens is 448 g/mol. The number of aromatic nitrogens is 2. The third-order valence-electron chi connectivity index (χ3n) is 4.43. The molecule has 0 aliphatic rings. The number of fused-ring (bicyclic) bond motifs is 1. The van der Waals surface area contributed by atoms with Gasteiger partial charge in [-0.15, -0.1) is 11.8 Å². The Bertz CT molecular complexity index is 1020. The molecule has 0 unspecified atom stereocenters. The molecular formula is C22H28N4O4S2. The molecule has 0 bridgehead atoms. The molecule has 1 aromatic heterocycles. The maximum Gasteiger partial charge on any atom is 0.163 e. The van der Waals surface area contributed by atoms with Crippen molar-refractivity contribution in [2.45, 2.75) is 9.79 Å². The van der Waals surface area contributed by atoms with E-state index in [0.717, 1.165) is 26.4 Å². The molecule has 0 spiro atoms. The number of anilines is 2. The average molecular weight is 477 g/mol. The van der Waals surface area contributed by atoms with Crippen molar-refractivity contribution >= 4 is 46.1 Å². The highest BCUT2D eigenvalue weighted by molar-refractivity contribution is 7.98. The lowest BCUT2D eigenvalue weighted by atomic mass is 10.2. The Morgan fingerprint density at radius 1 is 0.906 bits per heavy atom. The lowest BCUT2D eigenvalue weighted by Gasteiger charge is -2.16. The third-order valence-corrected chi connectivity index (χ3v) is 5.92. The number of nitrogens with zero attached hydrogens (tertiary/aromatic N) is 2. The summed E-state index contributed by atoms with van der Waals surface area (Å²) in [5, 5.41) is 4.31. The molecule has 0 amide bonds. The minimum absolute atomic E-state index is 0.402. The van der Waals surface area contributed by atoms with Gasteiger partial charge in [-0.1, -0.05) is 0 Å². The first-order valence-corrected chi connectivity index (χ1v) is 12.0. The van der Waals surface area contributed by atoms with E-state index in [-0.39, 0.29) is 0 Å². The summed E-state index contributed by atoms with van der Waals surface area (Å²) in [6, 6.07) is 10.0. The van der Waals surface area contributed by atoms with Gasteiger partial charge in [0.1, 0.15) is 25.4 Å². The molecule has 0 saturated carbocycles. The molecule has 8 nitrogen and oxygen atoms in total. The number of methoxy groups -OCH3 is 2. The molecule has 0 saturated heterocycles. The Hall–Kier alpha value is -2.24. The predicted octanol–water partition coefficient (Wildman–Crippen LogP) is 4.37. The number of benzene rings is 2. The van der Waals surface area contributed by atoms with E-state index in [4.69, 9.17) is 18.9 Å². The molecule has 0 radical (unpaired) electrons. The first kappa shape index (κ1) is 24.4. The number of nitrogens with one attached hydrogen (secondary N) is 2. The second-order valence-corrected chi connectivity index (χ2v) is 8.45. The van der Waals surface area contributed by atoms with E-state index < -0.39 is 0 Å². The zero-order chi connectivity index (χ0) is 22.8. The van der Waals surface area contributed by atoms with Gasteiger partial charge in [0.15, 0.2) is 11.5 Å². The maximum absolute atomic E-state index is 5.93. The van der Waals surface area contributed by atoms with Crippen LogP contribution in [-0.4, -0.2) is 63.9 Å². The summed E-state index contributed by atoms with van der Waals surface area (Å²) < 4.78 is 25.1. The van der Waals surface area contributed by atoms with Crippen molar-refractivity contribution < 1.29 is 18.9 Å². The highest BCUT2D eigenvalue weighted by Crippen LogP contribution is 2.37. The van der Waals surface area contributed by atoms with Crippen LogP contribution < -0.4 is 19.5 Å². The van der Waals surface area contributed by atoms with Gasteiger partial charge in [0.25, 0.3) is 0 Å². The van der Waals surface area contributed by atoms with Gasteiger partial charge in [-0.2, -0.15) is 0 Å². The molecule has 2 aromatic carbocycles. The summed E-state index contributed by atoms with van der Waals surface area (Å²) in [5.74, 6) is 1.90. The molecule has 0 fully saturated rings. The van der Waals surface area contributed by atoms with E-state index in [1.807, 2.05) is 19.2 Å². The Balaban J connectivity index is 1.99. The van der Waals surface area contributed by atoms with Crippen molar-refractivity contribution in [3.05, 3.63) is 36.7 Å². The van der Waals surface area contributed by atoms with Crippen molar-refractivity contribution in [3.63, 3.8) is 0 Å². The number of rotatable bonds is 13. The van der Waals surface area contributed by atoms with Gasteiger partial charge in [0, 0.05) is 35.5 Å². The second-order valence-electron chi connectivity index (χ2n) is 6.51. The van der Waals surface area contributed by atoms with Crippen LogP contribution in [0.15, 0.2) is 46.5 Å². The quantitative estimate of drug-likeness (QED) is 0.211. The van der Waals surface area contributed by atoms with Crippen molar-refractivity contribution in [2.75, 3.05) is 59.3 Å². The minimum Gasteiger partial charge on any atom is -0.487 e. The Morgan fingerprint density at radius 3 is 2.28 bits per heavy atom. The summed E-state index contributed by atoms with van der Waals surface area (Å²) in [7, 11) is 5.17. The van der Waals surface area contributed by atoms with Crippen molar-refractivity contribution in [1.29, 1.82) is 0 Å². The van der Waals surface area contributed by atoms with Gasteiger partial charge in [0.05, 0.1) is 24.4 Å². The average Bonchev–Trinajstić information content (AvgIpc) is 2.80.